The fourth-order valence-corrected chi connectivity index (χ4v) is 3.75. The lowest BCUT2D eigenvalue weighted by Crippen LogP contribution is -2.39. The monoisotopic (exact) mass is 488 g/mol. The van der Waals surface area contributed by atoms with Crippen molar-refractivity contribution < 1.29 is 26.7 Å². The molecule has 3 aromatic rings. The quantitative estimate of drug-likeness (QED) is 0.505. The molecule has 0 spiro atoms. The van der Waals surface area contributed by atoms with Crippen molar-refractivity contribution in [2.24, 2.45) is 5.92 Å². The van der Waals surface area contributed by atoms with Crippen LogP contribution in [0.5, 0.6) is 0 Å². The Morgan fingerprint density at radius 3 is 2.52 bits per heavy atom. The van der Waals surface area contributed by atoms with Gasteiger partial charge in [-0.05, 0) is 55.9 Å². The van der Waals surface area contributed by atoms with E-state index in [4.69, 9.17) is 11.6 Å². The van der Waals surface area contributed by atoms with Gasteiger partial charge in [-0.25, -0.2) is 4.52 Å². The van der Waals surface area contributed by atoms with Crippen LogP contribution in [0, 0.1) is 12.8 Å². The maximum atomic E-state index is 14.5. The highest BCUT2D eigenvalue weighted by atomic mass is 35.5. The summed E-state index contributed by atoms with van der Waals surface area (Å²) < 4.78 is 69.5. The number of H-pyrrole nitrogens is 1. The van der Waals surface area contributed by atoms with Crippen molar-refractivity contribution in [2.45, 2.75) is 44.8 Å². The first-order valence-corrected chi connectivity index (χ1v) is 10.4. The standard InChI is InChI=1S/C21H18ClF5N4O2/c1-9-7-12(5-6-13(9)22)14-8-31-17(19(33)29-14)15(20(23,24)21(25,26)27)16(30-31)18(32)28-10(2)11-3-4-11/h5-8,10-11H,3-4H2,1-2H3,(H,28,32)(H,29,33)/t10-/m1/s1. The van der Waals surface area contributed by atoms with Gasteiger partial charge in [-0.1, -0.05) is 17.7 Å². The van der Waals surface area contributed by atoms with Crippen LogP contribution in [0.1, 0.15) is 41.4 Å². The molecule has 1 amide bonds. The summed E-state index contributed by atoms with van der Waals surface area (Å²) >= 11 is 5.99. The van der Waals surface area contributed by atoms with E-state index >= 15 is 0 Å². The van der Waals surface area contributed by atoms with Crippen molar-refractivity contribution in [3.63, 3.8) is 0 Å². The predicted octanol–water partition coefficient (Wildman–Crippen LogP) is 4.83. The molecule has 1 aromatic carbocycles. The van der Waals surface area contributed by atoms with Crippen molar-refractivity contribution in [1.29, 1.82) is 0 Å². The number of halogens is 6. The molecule has 1 atom stereocenters. The molecule has 1 aliphatic carbocycles. The van der Waals surface area contributed by atoms with E-state index in [1.165, 1.54) is 6.07 Å². The lowest BCUT2D eigenvalue weighted by molar-refractivity contribution is -0.288. The zero-order chi connectivity index (χ0) is 24.3. The molecule has 1 fully saturated rings. The van der Waals surface area contributed by atoms with Gasteiger partial charge >= 0.3 is 12.1 Å². The van der Waals surface area contributed by atoms with E-state index < -0.39 is 46.4 Å². The number of carbonyl (C=O) groups is 1. The number of aryl methyl sites for hydroxylation is 1. The van der Waals surface area contributed by atoms with Crippen LogP contribution in [0.2, 0.25) is 5.02 Å². The molecular formula is C21H18ClF5N4O2. The van der Waals surface area contributed by atoms with Crippen LogP contribution in [0.15, 0.2) is 29.2 Å². The maximum absolute atomic E-state index is 14.5. The van der Waals surface area contributed by atoms with Crippen LogP contribution in [0.4, 0.5) is 22.0 Å². The van der Waals surface area contributed by atoms with Crippen molar-refractivity contribution in [3.05, 3.63) is 56.6 Å². The van der Waals surface area contributed by atoms with Crippen LogP contribution in [0.25, 0.3) is 16.8 Å². The number of benzene rings is 1. The molecule has 4 rings (SSSR count). The van der Waals surface area contributed by atoms with Gasteiger partial charge in [0, 0.05) is 11.1 Å². The smallest absolute Gasteiger partial charge is 0.348 e. The molecule has 2 N–H and O–H groups in total. The minimum absolute atomic E-state index is 0.0925. The van der Waals surface area contributed by atoms with Crippen molar-refractivity contribution >= 4 is 23.0 Å². The molecule has 1 saturated carbocycles. The maximum Gasteiger partial charge on any atom is 0.458 e. The number of aromatic nitrogens is 3. The number of hydrogen-bond acceptors (Lipinski definition) is 3. The fourth-order valence-electron chi connectivity index (χ4n) is 3.63. The lowest BCUT2D eigenvalue weighted by atomic mass is 10.0. The Kier molecular flexibility index (Phi) is 5.50. The van der Waals surface area contributed by atoms with Gasteiger partial charge in [-0.3, -0.25) is 9.59 Å². The van der Waals surface area contributed by atoms with E-state index in [1.54, 1.807) is 26.0 Å². The van der Waals surface area contributed by atoms with Crippen molar-refractivity contribution in [2.75, 3.05) is 0 Å². The molecular weight excluding hydrogens is 471 g/mol. The number of rotatable bonds is 5. The van der Waals surface area contributed by atoms with Crippen LogP contribution in [-0.2, 0) is 5.92 Å². The summed E-state index contributed by atoms with van der Waals surface area (Å²) in [5, 5.41) is 6.55. The van der Waals surface area contributed by atoms with Crippen LogP contribution < -0.4 is 10.9 Å². The summed E-state index contributed by atoms with van der Waals surface area (Å²) in [7, 11) is 0. The Labute approximate surface area is 188 Å². The number of amides is 1. The third-order valence-corrected chi connectivity index (χ3v) is 6.09. The number of nitrogens with one attached hydrogen (secondary N) is 2. The molecule has 0 bridgehead atoms. The van der Waals surface area contributed by atoms with E-state index in [-0.39, 0.29) is 11.6 Å². The SMILES string of the molecule is Cc1cc(-c2cn3nc(C(=O)N[C@H](C)C4CC4)c(C(F)(F)C(F)(F)F)c3c(=O)[nH]2)ccc1Cl. The lowest BCUT2D eigenvalue weighted by Gasteiger charge is -2.20. The Balaban J connectivity index is 1.92. The van der Waals surface area contributed by atoms with Crippen LogP contribution >= 0.6 is 11.6 Å². The number of carbonyl (C=O) groups excluding carboxylic acids is 1. The molecule has 33 heavy (non-hydrogen) atoms. The van der Waals surface area contributed by atoms with Crippen LogP contribution in [-0.4, -0.2) is 32.7 Å². The summed E-state index contributed by atoms with van der Waals surface area (Å²) in [6, 6.07) is 4.23. The highest BCUT2D eigenvalue weighted by Crippen LogP contribution is 2.46. The van der Waals surface area contributed by atoms with E-state index in [9.17, 15) is 31.5 Å². The largest absolute Gasteiger partial charge is 0.458 e. The average molecular weight is 489 g/mol. The first-order valence-electron chi connectivity index (χ1n) is 9.99. The molecule has 6 nitrogen and oxygen atoms in total. The highest BCUT2D eigenvalue weighted by molar-refractivity contribution is 6.31. The van der Waals surface area contributed by atoms with Gasteiger partial charge in [0.15, 0.2) is 5.69 Å². The second kappa shape index (κ2) is 7.82. The Morgan fingerprint density at radius 1 is 1.27 bits per heavy atom. The summed E-state index contributed by atoms with van der Waals surface area (Å²) in [6.45, 7) is 3.32. The van der Waals surface area contributed by atoms with E-state index in [0.29, 0.717) is 20.7 Å². The van der Waals surface area contributed by atoms with E-state index in [2.05, 4.69) is 15.4 Å². The van der Waals surface area contributed by atoms with Gasteiger partial charge in [-0.15, -0.1) is 0 Å². The molecule has 2 heterocycles. The van der Waals surface area contributed by atoms with Crippen molar-refractivity contribution in [3.8, 4) is 11.3 Å². The second-order valence-corrected chi connectivity index (χ2v) is 8.56. The number of fused-ring (bicyclic) bond motifs is 1. The summed E-state index contributed by atoms with van der Waals surface area (Å²) in [6.07, 6.45) is -3.36. The minimum Gasteiger partial charge on any atom is -0.348 e. The first kappa shape index (κ1) is 23.2. The number of nitrogens with zero attached hydrogens (tertiary/aromatic N) is 2. The third-order valence-electron chi connectivity index (χ3n) is 5.67. The molecule has 0 unspecified atom stereocenters. The Hall–Kier alpha value is -2.95. The molecule has 176 valence electrons. The molecule has 1 aliphatic rings. The summed E-state index contributed by atoms with van der Waals surface area (Å²) in [5.74, 6) is -6.59. The average Bonchev–Trinajstić information content (AvgIpc) is 3.48. The van der Waals surface area contributed by atoms with Crippen LogP contribution in [0.3, 0.4) is 0 Å². The van der Waals surface area contributed by atoms with Gasteiger partial charge in [-0.2, -0.15) is 27.1 Å². The summed E-state index contributed by atoms with van der Waals surface area (Å²) in [5.41, 5.74) is -4.08. The highest BCUT2D eigenvalue weighted by Gasteiger charge is 2.62. The Bertz CT molecular complexity index is 1310. The topological polar surface area (TPSA) is 79.3 Å². The van der Waals surface area contributed by atoms with Gasteiger partial charge in [0.25, 0.3) is 11.5 Å². The van der Waals surface area contributed by atoms with E-state index in [1.807, 2.05) is 0 Å². The number of alkyl halides is 5. The van der Waals surface area contributed by atoms with Gasteiger partial charge in [0.05, 0.1) is 17.5 Å². The zero-order valence-corrected chi connectivity index (χ0v) is 18.1. The van der Waals surface area contributed by atoms with Gasteiger partial charge in [0.1, 0.15) is 5.52 Å². The minimum atomic E-state index is -6.05. The first-order chi connectivity index (χ1) is 15.3. The van der Waals surface area contributed by atoms with Gasteiger partial charge in [0.2, 0.25) is 0 Å². The molecule has 0 saturated heterocycles. The van der Waals surface area contributed by atoms with Gasteiger partial charge < -0.3 is 10.3 Å². The molecule has 12 heteroatoms. The number of hydrogen-bond donors (Lipinski definition) is 2. The van der Waals surface area contributed by atoms with Crippen molar-refractivity contribution in [1.82, 2.24) is 19.9 Å². The molecule has 2 aromatic heterocycles. The number of aromatic amines is 1. The molecule has 0 aliphatic heterocycles. The fraction of sp³-hybridized carbons (Fsp3) is 0.381. The zero-order valence-electron chi connectivity index (χ0n) is 17.4. The second-order valence-electron chi connectivity index (χ2n) is 8.15. The Morgan fingerprint density at radius 2 is 1.94 bits per heavy atom. The van der Waals surface area contributed by atoms with E-state index in [0.717, 1.165) is 19.0 Å². The molecule has 0 radical (unpaired) electrons. The normalized spacial score (nSPS) is 15.6. The summed E-state index contributed by atoms with van der Waals surface area (Å²) in [4.78, 5) is 27.7. The predicted molar refractivity (Wildman–Crippen MR) is 111 cm³/mol. The third kappa shape index (κ3) is 4.09.